The Morgan fingerprint density at radius 1 is 0.750 bits per heavy atom. The van der Waals surface area contributed by atoms with Gasteiger partial charge in [-0.3, -0.25) is 0 Å². The second kappa shape index (κ2) is 9.39. The standard InChI is InChI=1S/C20H22NO10P/c1-25-14-6-11(7-17(20(14)29-5)31-32(22,23)24)13-10-30-21-18(13)12-8-15(26-2)19(28-4)16(9-12)27-3/h6-10H,1-5H3,(H2,22,23,24)/p-2. The maximum Gasteiger partial charge on any atom is 0.203 e. The Morgan fingerprint density at radius 2 is 1.22 bits per heavy atom. The third kappa shape index (κ3) is 4.59. The van der Waals surface area contributed by atoms with Crippen LogP contribution in [-0.4, -0.2) is 40.7 Å². The van der Waals surface area contributed by atoms with E-state index in [0.717, 1.165) is 0 Å². The van der Waals surface area contributed by atoms with Crippen LogP contribution in [0.25, 0.3) is 22.4 Å². The molecular weight excluding hydrogens is 445 g/mol. The smallest absolute Gasteiger partial charge is 0.203 e. The summed E-state index contributed by atoms with van der Waals surface area (Å²) in [5.74, 6) is 0.912. The number of rotatable bonds is 9. The minimum Gasteiger partial charge on any atom is -0.780 e. The van der Waals surface area contributed by atoms with Crippen LogP contribution in [0.15, 0.2) is 35.1 Å². The number of nitrogens with zero attached hydrogens (tertiary/aromatic N) is 1. The molecule has 3 rings (SSSR count). The van der Waals surface area contributed by atoms with Gasteiger partial charge in [-0.15, -0.1) is 0 Å². The van der Waals surface area contributed by atoms with E-state index < -0.39 is 7.82 Å². The van der Waals surface area contributed by atoms with Crippen LogP contribution < -0.4 is 38.0 Å². The monoisotopic (exact) mass is 465 g/mol. The molecule has 1 aromatic heterocycles. The average Bonchev–Trinajstić information content (AvgIpc) is 3.26. The van der Waals surface area contributed by atoms with E-state index in [2.05, 4.69) is 9.68 Å². The SMILES string of the molecule is COc1cc(-c2nocc2-c2cc(OC)c(OC)c(OP(=O)([O-])[O-])c2)cc(OC)c1OC. The van der Waals surface area contributed by atoms with Crippen molar-refractivity contribution in [1.82, 2.24) is 5.16 Å². The minimum atomic E-state index is -5.38. The number of methoxy groups -OCH3 is 5. The van der Waals surface area contributed by atoms with Gasteiger partial charge in [0.25, 0.3) is 0 Å². The van der Waals surface area contributed by atoms with Gasteiger partial charge in [0.05, 0.1) is 35.5 Å². The van der Waals surface area contributed by atoms with E-state index in [0.29, 0.717) is 39.6 Å². The van der Waals surface area contributed by atoms with Crippen LogP contribution in [0.4, 0.5) is 0 Å². The lowest BCUT2D eigenvalue weighted by atomic mass is 10.0. The van der Waals surface area contributed by atoms with Crippen molar-refractivity contribution in [2.75, 3.05) is 35.5 Å². The lowest BCUT2D eigenvalue weighted by Crippen LogP contribution is -2.19. The third-order valence-electron chi connectivity index (χ3n) is 4.47. The van der Waals surface area contributed by atoms with Crippen molar-refractivity contribution in [3.8, 4) is 56.9 Å². The summed E-state index contributed by atoms with van der Waals surface area (Å²) in [6.45, 7) is 0. The molecule has 0 atom stereocenters. The largest absolute Gasteiger partial charge is 0.780 e. The Hall–Kier alpha value is -3.40. The summed E-state index contributed by atoms with van der Waals surface area (Å²) in [7, 11) is 1.70. The quantitative estimate of drug-likeness (QED) is 0.429. The first-order valence-corrected chi connectivity index (χ1v) is 10.4. The third-order valence-corrected chi connectivity index (χ3v) is 4.89. The Labute approximate surface area is 183 Å². The Morgan fingerprint density at radius 3 is 1.69 bits per heavy atom. The van der Waals surface area contributed by atoms with E-state index in [9.17, 15) is 14.4 Å². The van der Waals surface area contributed by atoms with Gasteiger partial charge in [0, 0.05) is 11.1 Å². The first-order chi connectivity index (χ1) is 15.3. The van der Waals surface area contributed by atoms with Crippen molar-refractivity contribution in [2.24, 2.45) is 0 Å². The van der Waals surface area contributed by atoms with Crippen molar-refractivity contribution in [3.63, 3.8) is 0 Å². The van der Waals surface area contributed by atoms with Gasteiger partial charge in [0.2, 0.25) is 11.5 Å². The Kier molecular flexibility index (Phi) is 6.83. The summed E-state index contributed by atoms with van der Waals surface area (Å²) in [6.07, 6.45) is 1.34. The zero-order valence-corrected chi connectivity index (χ0v) is 18.8. The lowest BCUT2D eigenvalue weighted by Gasteiger charge is -2.30. The van der Waals surface area contributed by atoms with E-state index in [4.69, 9.17) is 28.2 Å². The van der Waals surface area contributed by atoms with Crippen LogP contribution in [0.3, 0.4) is 0 Å². The zero-order valence-electron chi connectivity index (χ0n) is 17.9. The highest BCUT2D eigenvalue weighted by Crippen LogP contribution is 2.47. The molecule has 0 N–H and O–H groups in total. The molecule has 2 aromatic carbocycles. The predicted octanol–water partition coefficient (Wildman–Crippen LogP) is 2.26. The molecule has 0 radical (unpaired) electrons. The molecule has 0 fully saturated rings. The summed E-state index contributed by atoms with van der Waals surface area (Å²) < 4.78 is 47.5. The minimum absolute atomic E-state index is 0.0611. The van der Waals surface area contributed by atoms with Gasteiger partial charge in [-0.25, -0.2) is 0 Å². The molecule has 0 unspecified atom stereocenters. The van der Waals surface area contributed by atoms with E-state index in [1.54, 1.807) is 18.2 Å². The van der Waals surface area contributed by atoms with Crippen molar-refractivity contribution < 1.29 is 47.1 Å². The van der Waals surface area contributed by atoms with Crippen LogP contribution in [0.5, 0.6) is 34.5 Å². The lowest BCUT2D eigenvalue weighted by molar-refractivity contribution is -0.333. The number of phosphoric acid groups is 1. The van der Waals surface area contributed by atoms with Crippen LogP contribution >= 0.6 is 7.82 Å². The van der Waals surface area contributed by atoms with E-state index >= 15 is 0 Å². The molecule has 32 heavy (non-hydrogen) atoms. The van der Waals surface area contributed by atoms with Crippen LogP contribution in [0, 0.1) is 0 Å². The maximum absolute atomic E-state index is 11.2. The van der Waals surface area contributed by atoms with Crippen molar-refractivity contribution in [3.05, 3.63) is 30.5 Å². The number of phosphoric ester groups is 1. The predicted molar refractivity (Wildman–Crippen MR) is 108 cm³/mol. The van der Waals surface area contributed by atoms with Gasteiger partial charge in [0.15, 0.2) is 23.0 Å². The first-order valence-electron chi connectivity index (χ1n) is 8.99. The zero-order chi connectivity index (χ0) is 23.5. The highest BCUT2D eigenvalue weighted by molar-refractivity contribution is 7.43. The van der Waals surface area contributed by atoms with Crippen LogP contribution in [0.2, 0.25) is 0 Å². The topological polar surface area (TPSA) is 145 Å². The van der Waals surface area contributed by atoms with Crippen molar-refractivity contribution in [1.29, 1.82) is 0 Å². The van der Waals surface area contributed by atoms with Crippen LogP contribution in [0.1, 0.15) is 0 Å². The molecule has 0 spiro atoms. The molecule has 11 nitrogen and oxygen atoms in total. The molecule has 12 heteroatoms. The highest BCUT2D eigenvalue weighted by atomic mass is 31.2. The average molecular weight is 465 g/mol. The van der Waals surface area contributed by atoms with Gasteiger partial charge >= 0.3 is 0 Å². The van der Waals surface area contributed by atoms with E-state index in [-0.39, 0.29) is 17.2 Å². The Balaban J connectivity index is 2.20. The molecule has 0 saturated heterocycles. The summed E-state index contributed by atoms with van der Waals surface area (Å²) in [5.41, 5.74) is 1.75. The van der Waals surface area contributed by atoms with Gasteiger partial charge in [-0.1, -0.05) is 5.16 Å². The second-order valence-electron chi connectivity index (χ2n) is 6.24. The van der Waals surface area contributed by atoms with Crippen molar-refractivity contribution >= 4 is 7.82 Å². The number of aromatic nitrogens is 1. The van der Waals surface area contributed by atoms with E-state index in [1.165, 1.54) is 47.9 Å². The molecular formula is C20H20NO10P-2. The number of ether oxygens (including phenoxy) is 5. The van der Waals surface area contributed by atoms with Gasteiger partial charge in [-0.2, -0.15) is 0 Å². The van der Waals surface area contributed by atoms with E-state index in [1.807, 2.05) is 0 Å². The molecule has 0 aliphatic heterocycles. The fourth-order valence-corrected chi connectivity index (χ4v) is 3.52. The maximum atomic E-state index is 11.2. The van der Waals surface area contributed by atoms with Gasteiger partial charge < -0.3 is 47.1 Å². The number of hydrogen-bond acceptors (Lipinski definition) is 11. The molecule has 0 aliphatic carbocycles. The molecule has 1 heterocycles. The van der Waals surface area contributed by atoms with Crippen LogP contribution in [-0.2, 0) is 4.57 Å². The summed E-state index contributed by atoms with van der Waals surface area (Å²) in [5, 5.41) is 4.05. The second-order valence-corrected chi connectivity index (χ2v) is 7.32. The molecule has 0 aliphatic rings. The molecule has 3 aromatic rings. The number of hydrogen-bond donors (Lipinski definition) is 0. The first kappa shape index (κ1) is 23.3. The van der Waals surface area contributed by atoms with Gasteiger partial charge in [-0.05, 0) is 29.8 Å². The highest BCUT2D eigenvalue weighted by Gasteiger charge is 2.22. The molecule has 0 amide bonds. The fourth-order valence-electron chi connectivity index (χ4n) is 3.14. The number of benzene rings is 2. The Bertz CT molecular complexity index is 1130. The summed E-state index contributed by atoms with van der Waals surface area (Å²) in [4.78, 5) is 22.5. The normalized spacial score (nSPS) is 11.1. The summed E-state index contributed by atoms with van der Waals surface area (Å²) >= 11 is 0. The molecule has 0 saturated carbocycles. The van der Waals surface area contributed by atoms with Crippen molar-refractivity contribution in [2.45, 2.75) is 0 Å². The van der Waals surface area contributed by atoms with Gasteiger partial charge in [0.1, 0.15) is 19.8 Å². The fraction of sp³-hybridized carbons (Fsp3) is 0.250. The summed E-state index contributed by atoms with van der Waals surface area (Å²) in [6, 6.07) is 6.20. The molecule has 172 valence electrons. The molecule has 0 bridgehead atoms.